The van der Waals surface area contributed by atoms with E-state index in [-0.39, 0.29) is 0 Å². The number of alkyl halides is 1. The third-order valence-corrected chi connectivity index (χ3v) is 4.20. The Morgan fingerprint density at radius 2 is 1.81 bits per heavy atom. The van der Waals surface area contributed by atoms with Crippen LogP contribution in [0.15, 0.2) is 12.1 Å². The number of halogens is 1. The number of rotatable bonds is 3. The minimum atomic E-state index is -1.63. The fraction of sp³-hybridized carbons (Fsp3) is 0.562. The number of carbonyl (C=O) groups is 1. The normalized spacial score (nSPS) is 19.8. The van der Waals surface area contributed by atoms with Crippen LogP contribution in [0.3, 0.4) is 0 Å². The molecule has 3 rings (SSSR count). The highest BCUT2D eigenvalue weighted by atomic mass is 19.1. The zero-order valence-corrected chi connectivity index (χ0v) is 12.2. The van der Waals surface area contributed by atoms with Crippen LogP contribution >= 0.6 is 0 Å². The van der Waals surface area contributed by atoms with Gasteiger partial charge in [-0.3, -0.25) is 4.79 Å². The Hall–Kier alpha value is -1.78. The van der Waals surface area contributed by atoms with Crippen molar-refractivity contribution in [3.63, 3.8) is 0 Å². The van der Waals surface area contributed by atoms with Crippen LogP contribution in [0, 0.1) is 0 Å². The van der Waals surface area contributed by atoms with E-state index >= 15 is 0 Å². The van der Waals surface area contributed by atoms with Crippen molar-refractivity contribution in [3.05, 3.63) is 23.3 Å². The van der Waals surface area contributed by atoms with Gasteiger partial charge in [0, 0.05) is 6.42 Å². The number of aliphatic carboxylic acids is 1. The van der Waals surface area contributed by atoms with E-state index in [1.54, 1.807) is 12.1 Å². The van der Waals surface area contributed by atoms with Gasteiger partial charge >= 0.3 is 5.97 Å². The molecule has 1 fully saturated rings. The predicted molar refractivity (Wildman–Crippen MR) is 74.7 cm³/mol. The first-order valence-corrected chi connectivity index (χ1v) is 7.21. The zero-order valence-electron chi connectivity index (χ0n) is 12.2. The summed E-state index contributed by atoms with van der Waals surface area (Å²) < 4.78 is 25.8. The van der Waals surface area contributed by atoms with Crippen LogP contribution in [0.2, 0.25) is 0 Å². The number of hydrogen-bond donors (Lipinski definition) is 1. The van der Waals surface area contributed by atoms with Crippen LogP contribution in [-0.2, 0) is 15.9 Å². The molecule has 1 N–H and O–H groups in total. The van der Waals surface area contributed by atoms with Crippen molar-refractivity contribution >= 4 is 5.97 Å². The van der Waals surface area contributed by atoms with Gasteiger partial charge in [0.2, 0.25) is 0 Å². The second kappa shape index (κ2) is 4.61. The number of benzene rings is 1. The Bertz CT molecular complexity index is 585. The molecule has 0 radical (unpaired) electrons. The second-order valence-electron chi connectivity index (χ2n) is 6.25. The molecule has 0 unspecified atom stereocenters. The smallest absolute Gasteiger partial charge is 0.314 e. The molecule has 114 valence electrons. The molecule has 1 aliphatic heterocycles. The number of carboxylic acids is 1. The number of hydrogen-bond acceptors (Lipinski definition) is 3. The molecule has 0 aromatic heterocycles. The van der Waals surface area contributed by atoms with Crippen LogP contribution in [0.25, 0.3) is 0 Å². The van der Waals surface area contributed by atoms with Gasteiger partial charge in [-0.15, -0.1) is 0 Å². The monoisotopic (exact) mass is 294 g/mol. The molecule has 1 aromatic rings. The molecule has 1 heterocycles. The van der Waals surface area contributed by atoms with E-state index in [4.69, 9.17) is 9.47 Å². The molecule has 1 aliphatic carbocycles. The SMILES string of the molecule is CC(C)(F)c1cc2c(cc1C1(C(=O)O)CC1)OCCCO2. The largest absolute Gasteiger partial charge is 0.490 e. The lowest BCUT2D eigenvalue weighted by Gasteiger charge is -2.24. The van der Waals surface area contributed by atoms with Gasteiger partial charge in [-0.2, -0.15) is 0 Å². The van der Waals surface area contributed by atoms with Crippen LogP contribution in [-0.4, -0.2) is 24.3 Å². The van der Waals surface area contributed by atoms with Crippen molar-refractivity contribution in [2.45, 2.75) is 44.2 Å². The first-order chi connectivity index (χ1) is 9.84. The molecular weight excluding hydrogens is 275 g/mol. The molecule has 2 aliphatic rings. The van der Waals surface area contributed by atoms with E-state index in [0.717, 1.165) is 6.42 Å². The highest BCUT2D eigenvalue weighted by Gasteiger charge is 2.54. The molecular formula is C16H19FO4. The Kier molecular flexibility index (Phi) is 3.11. The molecule has 0 amide bonds. The maximum Gasteiger partial charge on any atom is 0.314 e. The minimum Gasteiger partial charge on any atom is -0.490 e. The van der Waals surface area contributed by atoms with Gasteiger partial charge in [-0.05, 0) is 49.9 Å². The molecule has 0 saturated heterocycles. The lowest BCUT2D eigenvalue weighted by atomic mass is 9.85. The summed E-state index contributed by atoms with van der Waals surface area (Å²) in [5, 5.41) is 9.51. The topological polar surface area (TPSA) is 55.8 Å². The Morgan fingerprint density at radius 1 is 1.24 bits per heavy atom. The van der Waals surface area contributed by atoms with Crippen LogP contribution in [0.1, 0.15) is 44.2 Å². The Balaban J connectivity index is 2.18. The van der Waals surface area contributed by atoms with Gasteiger partial charge in [-0.1, -0.05) is 0 Å². The van der Waals surface area contributed by atoms with Crippen LogP contribution in [0.4, 0.5) is 4.39 Å². The maximum absolute atomic E-state index is 14.6. The number of carboxylic acid groups (broad SMARTS) is 1. The molecule has 1 saturated carbocycles. The van der Waals surface area contributed by atoms with E-state index in [1.807, 2.05) is 0 Å². The van der Waals surface area contributed by atoms with E-state index < -0.39 is 17.1 Å². The third kappa shape index (κ3) is 2.34. The minimum absolute atomic E-state index is 0.381. The summed E-state index contributed by atoms with van der Waals surface area (Å²) in [5.41, 5.74) is -1.70. The first-order valence-electron chi connectivity index (χ1n) is 7.21. The van der Waals surface area contributed by atoms with Crippen LogP contribution < -0.4 is 9.47 Å². The van der Waals surface area contributed by atoms with E-state index in [2.05, 4.69) is 0 Å². The van der Waals surface area contributed by atoms with Crippen LogP contribution in [0.5, 0.6) is 11.5 Å². The molecule has 1 aromatic carbocycles. The summed E-state index contributed by atoms with van der Waals surface area (Å²) in [6.45, 7) is 3.91. The van der Waals surface area contributed by atoms with Crippen molar-refractivity contribution in [1.29, 1.82) is 0 Å². The van der Waals surface area contributed by atoms with Crippen molar-refractivity contribution < 1.29 is 23.8 Å². The summed E-state index contributed by atoms with van der Waals surface area (Å²) in [7, 11) is 0. The maximum atomic E-state index is 14.6. The summed E-state index contributed by atoms with van der Waals surface area (Å²) in [6, 6.07) is 3.28. The second-order valence-corrected chi connectivity index (χ2v) is 6.25. The summed E-state index contributed by atoms with van der Waals surface area (Å²) in [4.78, 5) is 11.6. The summed E-state index contributed by atoms with van der Waals surface area (Å²) >= 11 is 0. The first kappa shape index (κ1) is 14.2. The van der Waals surface area contributed by atoms with Gasteiger partial charge in [0.25, 0.3) is 0 Å². The summed E-state index contributed by atoms with van der Waals surface area (Å²) in [6.07, 6.45) is 1.82. The average molecular weight is 294 g/mol. The van der Waals surface area contributed by atoms with Crippen molar-refractivity contribution in [3.8, 4) is 11.5 Å². The van der Waals surface area contributed by atoms with Crippen molar-refractivity contribution in [2.24, 2.45) is 0 Å². The zero-order chi connectivity index (χ0) is 15.3. The molecule has 0 spiro atoms. The van der Waals surface area contributed by atoms with E-state index in [1.165, 1.54) is 13.8 Å². The fourth-order valence-corrected chi connectivity index (χ4v) is 2.82. The highest BCUT2D eigenvalue weighted by molar-refractivity contribution is 5.86. The quantitative estimate of drug-likeness (QED) is 0.930. The number of fused-ring (bicyclic) bond motifs is 1. The lowest BCUT2D eigenvalue weighted by Crippen LogP contribution is -2.25. The molecule has 5 heteroatoms. The third-order valence-electron chi connectivity index (χ3n) is 4.20. The van der Waals surface area contributed by atoms with Crippen molar-refractivity contribution in [2.75, 3.05) is 13.2 Å². The molecule has 21 heavy (non-hydrogen) atoms. The highest BCUT2D eigenvalue weighted by Crippen LogP contribution is 2.53. The molecule has 0 bridgehead atoms. The lowest BCUT2D eigenvalue weighted by molar-refractivity contribution is -0.140. The fourth-order valence-electron chi connectivity index (χ4n) is 2.82. The number of ether oxygens (including phenoxy) is 2. The van der Waals surface area contributed by atoms with Crippen molar-refractivity contribution in [1.82, 2.24) is 0 Å². The van der Waals surface area contributed by atoms with Gasteiger partial charge < -0.3 is 14.6 Å². The molecule has 4 nitrogen and oxygen atoms in total. The van der Waals surface area contributed by atoms with E-state index in [0.29, 0.717) is 48.7 Å². The van der Waals surface area contributed by atoms with E-state index in [9.17, 15) is 14.3 Å². The van der Waals surface area contributed by atoms with Gasteiger partial charge in [-0.25, -0.2) is 4.39 Å². The van der Waals surface area contributed by atoms with Gasteiger partial charge in [0.1, 0.15) is 5.67 Å². The van der Waals surface area contributed by atoms with Gasteiger partial charge in [0.15, 0.2) is 11.5 Å². The Morgan fingerprint density at radius 3 is 2.29 bits per heavy atom. The predicted octanol–water partition coefficient (Wildman–Crippen LogP) is 3.17. The van der Waals surface area contributed by atoms with Gasteiger partial charge in [0.05, 0.1) is 18.6 Å². The Labute approximate surface area is 122 Å². The standard InChI is InChI=1S/C16H19FO4/c1-15(2,17)10-8-12-13(21-7-3-6-20-12)9-11(10)16(4-5-16)14(18)19/h8-9H,3-7H2,1-2H3,(H,18,19). The molecule has 0 atom stereocenters. The summed E-state index contributed by atoms with van der Waals surface area (Å²) in [5.74, 6) is 0.115. The average Bonchev–Trinajstić information content (AvgIpc) is 3.20.